The first-order valence-electron chi connectivity index (χ1n) is 16.0. The van der Waals surface area contributed by atoms with E-state index in [9.17, 15) is 14.4 Å². The van der Waals surface area contributed by atoms with Crippen LogP contribution in [0, 0.1) is 11.8 Å². The van der Waals surface area contributed by atoms with Crippen LogP contribution in [-0.2, 0) is 15.5 Å². The summed E-state index contributed by atoms with van der Waals surface area (Å²) in [4.78, 5) is 45.4. The molecule has 238 valence electrons. The molecule has 0 bridgehead atoms. The SMILES string of the molecule is CCCCCC(c1ccc(C(=O)NCCC(=O)O)cc1)N1C(=O)C(c2cc(Cl)cc(CCl)c2)=NC12CCC(CC(C)C)CC2. The van der Waals surface area contributed by atoms with Gasteiger partial charge in [-0.3, -0.25) is 19.4 Å². The zero-order chi connectivity index (χ0) is 31.9. The maximum atomic E-state index is 14.6. The van der Waals surface area contributed by atoms with Crippen LogP contribution in [0.2, 0.25) is 5.02 Å². The van der Waals surface area contributed by atoms with Crippen molar-refractivity contribution in [1.29, 1.82) is 0 Å². The summed E-state index contributed by atoms with van der Waals surface area (Å²) in [5.74, 6) is 0.152. The van der Waals surface area contributed by atoms with Crippen LogP contribution >= 0.6 is 23.2 Å². The molecule has 44 heavy (non-hydrogen) atoms. The van der Waals surface area contributed by atoms with Crippen molar-refractivity contribution in [3.63, 3.8) is 0 Å². The lowest BCUT2D eigenvalue weighted by atomic mass is 9.77. The highest BCUT2D eigenvalue weighted by atomic mass is 35.5. The molecule has 2 amide bonds. The molecule has 1 aliphatic heterocycles. The van der Waals surface area contributed by atoms with E-state index in [2.05, 4.69) is 26.1 Å². The third-order valence-corrected chi connectivity index (χ3v) is 9.39. The van der Waals surface area contributed by atoms with Crippen molar-refractivity contribution >= 4 is 46.7 Å². The first kappa shape index (κ1) is 34.0. The van der Waals surface area contributed by atoms with Crippen molar-refractivity contribution in [2.24, 2.45) is 16.8 Å². The molecule has 2 aliphatic rings. The van der Waals surface area contributed by atoms with E-state index in [4.69, 9.17) is 33.3 Å². The Hall–Kier alpha value is -2.90. The average Bonchev–Trinajstić information content (AvgIpc) is 3.27. The summed E-state index contributed by atoms with van der Waals surface area (Å²) in [5.41, 5.74) is 2.75. The molecular weight excluding hydrogens is 597 g/mol. The second-order valence-corrected chi connectivity index (χ2v) is 13.4. The van der Waals surface area contributed by atoms with Gasteiger partial charge >= 0.3 is 5.97 Å². The molecule has 0 aromatic heterocycles. The molecule has 1 saturated carbocycles. The predicted molar refractivity (Wildman–Crippen MR) is 176 cm³/mol. The van der Waals surface area contributed by atoms with Crippen LogP contribution in [-0.4, -0.2) is 45.7 Å². The summed E-state index contributed by atoms with van der Waals surface area (Å²) in [5, 5.41) is 12.1. The third kappa shape index (κ3) is 8.22. The number of unbranched alkanes of at least 4 members (excludes halogenated alkanes) is 2. The normalized spacial score (nSPS) is 20.7. The number of hydrogen-bond acceptors (Lipinski definition) is 4. The lowest BCUT2D eigenvalue weighted by molar-refractivity contribution is -0.137. The second-order valence-electron chi connectivity index (χ2n) is 12.7. The van der Waals surface area contributed by atoms with Crippen molar-refractivity contribution in [2.75, 3.05) is 6.54 Å². The average molecular weight is 643 g/mol. The zero-order valence-electron chi connectivity index (χ0n) is 26.1. The van der Waals surface area contributed by atoms with Crippen molar-refractivity contribution in [3.05, 3.63) is 69.7 Å². The van der Waals surface area contributed by atoms with Gasteiger partial charge in [-0.2, -0.15) is 0 Å². The number of nitrogens with zero attached hydrogens (tertiary/aromatic N) is 2. The molecule has 1 spiro atoms. The van der Waals surface area contributed by atoms with E-state index in [1.54, 1.807) is 18.2 Å². The van der Waals surface area contributed by atoms with Gasteiger partial charge in [-0.25, -0.2) is 0 Å². The van der Waals surface area contributed by atoms with Crippen molar-refractivity contribution in [1.82, 2.24) is 10.2 Å². The Morgan fingerprint density at radius 3 is 2.43 bits per heavy atom. The molecule has 0 radical (unpaired) electrons. The number of amides is 2. The van der Waals surface area contributed by atoms with Gasteiger partial charge in [0.15, 0.2) is 0 Å². The molecule has 1 fully saturated rings. The van der Waals surface area contributed by atoms with Gasteiger partial charge in [0, 0.05) is 28.6 Å². The lowest BCUT2D eigenvalue weighted by Gasteiger charge is -2.45. The van der Waals surface area contributed by atoms with E-state index in [0.29, 0.717) is 33.7 Å². The number of halogens is 2. The van der Waals surface area contributed by atoms with Crippen LogP contribution in [0.3, 0.4) is 0 Å². The third-order valence-electron chi connectivity index (χ3n) is 8.86. The van der Waals surface area contributed by atoms with Gasteiger partial charge in [0.05, 0.1) is 12.5 Å². The fourth-order valence-electron chi connectivity index (χ4n) is 6.77. The first-order valence-corrected chi connectivity index (χ1v) is 16.9. The lowest BCUT2D eigenvalue weighted by Crippen LogP contribution is -2.50. The summed E-state index contributed by atoms with van der Waals surface area (Å²) < 4.78 is 0. The molecule has 2 N–H and O–H groups in total. The minimum absolute atomic E-state index is 0.0627. The number of rotatable bonds is 14. The Balaban J connectivity index is 1.71. The van der Waals surface area contributed by atoms with E-state index in [0.717, 1.165) is 62.5 Å². The molecule has 0 saturated heterocycles. The number of carbonyl (C=O) groups excluding carboxylic acids is 2. The molecule has 1 heterocycles. The Kier molecular flexibility index (Phi) is 11.9. The van der Waals surface area contributed by atoms with Gasteiger partial charge in [0.1, 0.15) is 11.4 Å². The van der Waals surface area contributed by atoms with Crippen molar-refractivity contribution < 1.29 is 19.5 Å². The standard InChI is InChI=1S/C35H45Cl2N3O4/c1-4-5-6-7-30(26-8-10-27(11-9-26)33(43)38-17-14-31(41)42)40-34(44)32(28-19-25(22-36)20-29(37)21-28)39-35(40)15-12-24(13-16-35)18-23(2)3/h8-11,19-21,23-24,30H,4-7,12-18,22H2,1-3H3,(H,38,43)(H,41,42). The van der Waals surface area contributed by atoms with Gasteiger partial charge in [-0.05, 0) is 91.8 Å². The number of hydrogen-bond donors (Lipinski definition) is 2. The number of carboxylic acid groups (broad SMARTS) is 1. The fraction of sp³-hybridized carbons (Fsp3) is 0.543. The molecule has 2 aromatic rings. The maximum absolute atomic E-state index is 14.6. The van der Waals surface area contributed by atoms with Crippen LogP contribution in [0.4, 0.5) is 0 Å². The van der Waals surface area contributed by atoms with Gasteiger partial charge in [0.25, 0.3) is 11.8 Å². The van der Waals surface area contributed by atoms with Gasteiger partial charge in [-0.15, -0.1) is 11.6 Å². The smallest absolute Gasteiger partial charge is 0.305 e. The minimum atomic E-state index is -0.962. The molecule has 1 atom stereocenters. The quantitative estimate of drug-likeness (QED) is 0.160. The highest BCUT2D eigenvalue weighted by Gasteiger charge is 2.51. The first-order chi connectivity index (χ1) is 21.1. The van der Waals surface area contributed by atoms with E-state index < -0.39 is 11.6 Å². The topological polar surface area (TPSA) is 99.1 Å². The summed E-state index contributed by atoms with van der Waals surface area (Å²) in [6, 6.07) is 12.7. The highest BCUT2D eigenvalue weighted by Crippen LogP contribution is 2.48. The van der Waals surface area contributed by atoms with Crippen LogP contribution in [0.25, 0.3) is 0 Å². The molecule has 9 heteroatoms. The Morgan fingerprint density at radius 2 is 1.82 bits per heavy atom. The summed E-state index contributed by atoms with van der Waals surface area (Å²) in [6.45, 7) is 6.76. The van der Waals surface area contributed by atoms with Crippen molar-refractivity contribution in [2.45, 2.75) is 103 Å². The van der Waals surface area contributed by atoms with Crippen LogP contribution in [0.15, 0.2) is 47.5 Å². The monoisotopic (exact) mass is 641 g/mol. The summed E-state index contributed by atoms with van der Waals surface area (Å²) in [7, 11) is 0. The molecule has 4 rings (SSSR count). The number of aliphatic imine (C=N–C) groups is 1. The van der Waals surface area contributed by atoms with Crippen molar-refractivity contribution in [3.8, 4) is 0 Å². The van der Waals surface area contributed by atoms with Crippen LogP contribution in [0.5, 0.6) is 0 Å². The van der Waals surface area contributed by atoms with E-state index >= 15 is 0 Å². The Morgan fingerprint density at radius 1 is 1.11 bits per heavy atom. The van der Waals surface area contributed by atoms with E-state index in [-0.39, 0.29) is 36.7 Å². The van der Waals surface area contributed by atoms with Gasteiger partial charge < -0.3 is 15.3 Å². The minimum Gasteiger partial charge on any atom is -0.481 e. The second kappa shape index (κ2) is 15.4. The molecule has 1 unspecified atom stereocenters. The number of benzene rings is 2. The molecule has 1 aliphatic carbocycles. The van der Waals surface area contributed by atoms with E-state index in [1.807, 2.05) is 29.2 Å². The number of nitrogens with one attached hydrogen (secondary N) is 1. The van der Waals surface area contributed by atoms with Crippen LogP contribution in [0.1, 0.15) is 118 Å². The van der Waals surface area contributed by atoms with Crippen LogP contribution < -0.4 is 5.32 Å². The summed E-state index contributed by atoms with van der Waals surface area (Å²) >= 11 is 12.6. The van der Waals surface area contributed by atoms with E-state index in [1.165, 1.54) is 6.42 Å². The number of carboxylic acids is 1. The van der Waals surface area contributed by atoms with Gasteiger partial charge in [0.2, 0.25) is 0 Å². The molecular formula is C35H45Cl2N3O4. The Labute approximate surface area is 271 Å². The largest absolute Gasteiger partial charge is 0.481 e. The molecule has 2 aromatic carbocycles. The Bertz CT molecular complexity index is 1350. The zero-order valence-corrected chi connectivity index (χ0v) is 27.6. The fourth-order valence-corrected chi connectivity index (χ4v) is 7.18. The molecule has 7 nitrogen and oxygen atoms in total. The predicted octanol–water partition coefficient (Wildman–Crippen LogP) is 8.17. The maximum Gasteiger partial charge on any atom is 0.305 e. The number of carbonyl (C=O) groups is 3. The summed E-state index contributed by atoms with van der Waals surface area (Å²) in [6.07, 6.45) is 8.51. The number of alkyl halides is 1. The number of aliphatic carboxylic acids is 1. The van der Waals surface area contributed by atoms with Gasteiger partial charge in [-0.1, -0.05) is 63.8 Å². The highest BCUT2D eigenvalue weighted by molar-refractivity contribution is 6.47.